The van der Waals surface area contributed by atoms with Crippen molar-refractivity contribution in [3.05, 3.63) is 23.5 Å². The van der Waals surface area contributed by atoms with Crippen molar-refractivity contribution in [2.24, 2.45) is 5.92 Å². The Morgan fingerprint density at radius 3 is 3.11 bits per heavy atom. The molecule has 0 fully saturated rings. The Bertz CT molecular complexity index is 155. The molecule has 1 rings (SSSR count). The molecule has 49 valence electrons. The largest absolute Gasteiger partial charge is 0.250 e. The second-order valence-electron chi connectivity index (χ2n) is 2.24. The summed E-state index contributed by atoms with van der Waals surface area (Å²) < 4.78 is 0. The van der Waals surface area contributed by atoms with Crippen molar-refractivity contribution in [2.45, 2.75) is 13.3 Å². The molecule has 0 spiro atoms. The Morgan fingerprint density at radius 1 is 1.89 bits per heavy atom. The summed E-state index contributed by atoms with van der Waals surface area (Å²) in [5.74, 6) is 0.483. The minimum absolute atomic E-state index is 0.483. The lowest BCUT2D eigenvalue weighted by atomic mass is 10.1. The molecule has 1 aromatic rings. The maximum atomic E-state index is 4.13. The fraction of sp³-hybridized carbons (Fsp3) is 0.429. The van der Waals surface area contributed by atoms with E-state index in [1.165, 1.54) is 5.01 Å². The third kappa shape index (κ3) is 2.14. The van der Waals surface area contributed by atoms with Crippen molar-refractivity contribution < 1.29 is 0 Å². The van der Waals surface area contributed by atoms with E-state index in [0.717, 1.165) is 6.42 Å². The van der Waals surface area contributed by atoms with Crippen molar-refractivity contribution in [2.75, 3.05) is 0 Å². The highest BCUT2D eigenvalue weighted by molar-refractivity contribution is 7.09. The Morgan fingerprint density at radius 2 is 2.67 bits per heavy atom. The summed E-state index contributed by atoms with van der Waals surface area (Å²) >= 11 is 1.70. The van der Waals surface area contributed by atoms with E-state index < -0.39 is 0 Å². The quantitative estimate of drug-likeness (QED) is 0.613. The van der Waals surface area contributed by atoms with Crippen LogP contribution in [0.25, 0.3) is 0 Å². The van der Waals surface area contributed by atoms with Gasteiger partial charge in [-0.3, -0.25) is 0 Å². The zero-order valence-electron chi connectivity index (χ0n) is 5.50. The Labute approximate surface area is 59.8 Å². The van der Waals surface area contributed by atoms with Crippen LogP contribution in [0.15, 0.2) is 11.6 Å². The lowest BCUT2D eigenvalue weighted by molar-refractivity contribution is 0.715. The normalized spacial score (nSPS) is 10.6. The number of hydrogen-bond acceptors (Lipinski definition) is 2. The second-order valence-corrected chi connectivity index (χ2v) is 3.21. The molecule has 1 nitrogen and oxygen atoms in total. The molecule has 0 aliphatic carbocycles. The van der Waals surface area contributed by atoms with Gasteiger partial charge in [0.1, 0.15) is 0 Å². The first-order valence-corrected chi connectivity index (χ1v) is 3.88. The van der Waals surface area contributed by atoms with Crippen LogP contribution in [0.1, 0.15) is 11.9 Å². The summed E-state index contributed by atoms with van der Waals surface area (Å²) in [5, 5.41) is 3.19. The lowest BCUT2D eigenvalue weighted by Crippen LogP contribution is -1.92. The van der Waals surface area contributed by atoms with Gasteiger partial charge in [0.05, 0.1) is 5.01 Å². The van der Waals surface area contributed by atoms with E-state index in [9.17, 15) is 0 Å². The lowest BCUT2D eigenvalue weighted by Gasteiger charge is -1.97. The second kappa shape index (κ2) is 2.97. The number of nitrogens with zero attached hydrogens (tertiary/aromatic N) is 1. The number of hydrogen-bond donors (Lipinski definition) is 0. The van der Waals surface area contributed by atoms with Crippen molar-refractivity contribution in [1.29, 1.82) is 0 Å². The SMILES string of the molecule is [CH2]C(C)Cc1nccs1. The molecular weight excluding hydrogens is 130 g/mol. The van der Waals surface area contributed by atoms with Gasteiger partial charge in [-0.1, -0.05) is 13.8 Å². The van der Waals surface area contributed by atoms with E-state index in [0.29, 0.717) is 5.92 Å². The van der Waals surface area contributed by atoms with Crippen LogP contribution >= 0.6 is 11.3 Å². The highest BCUT2D eigenvalue weighted by Crippen LogP contribution is 2.09. The molecule has 0 aromatic carbocycles. The van der Waals surface area contributed by atoms with E-state index in [2.05, 4.69) is 18.8 Å². The van der Waals surface area contributed by atoms with E-state index in [-0.39, 0.29) is 0 Å². The average molecular weight is 140 g/mol. The average Bonchev–Trinajstić information content (AvgIpc) is 2.15. The molecule has 0 saturated heterocycles. The van der Waals surface area contributed by atoms with Gasteiger partial charge in [0, 0.05) is 18.0 Å². The smallest absolute Gasteiger partial charge is 0.0927 e. The highest BCUT2D eigenvalue weighted by atomic mass is 32.1. The number of aromatic nitrogens is 1. The van der Waals surface area contributed by atoms with Crippen LogP contribution in [0.4, 0.5) is 0 Å². The predicted molar refractivity (Wildman–Crippen MR) is 40.3 cm³/mol. The van der Waals surface area contributed by atoms with Gasteiger partial charge in [-0.15, -0.1) is 11.3 Å². The van der Waals surface area contributed by atoms with Crippen LogP contribution in [0.2, 0.25) is 0 Å². The Hall–Kier alpha value is -0.370. The first kappa shape index (κ1) is 6.75. The Kier molecular flexibility index (Phi) is 2.22. The Balaban J connectivity index is 2.48. The number of rotatable bonds is 2. The van der Waals surface area contributed by atoms with Crippen LogP contribution < -0.4 is 0 Å². The van der Waals surface area contributed by atoms with Crippen molar-refractivity contribution >= 4 is 11.3 Å². The third-order valence-electron chi connectivity index (χ3n) is 1.01. The predicted octanol–water partition coefficient (Wildman–Crippen LogP) is 2.16. The molecule has 1 radical (unpaired) electrons. The van der Waals surface area contributed by atoms with E-state index in [1.54, 1.807) is 11.3 Å². The molecule has 0 amide bonds. The molecule has 1 unspecified atom stereocenters. The molecular formula is C7H10NS. The zero-order valence-corrected chi connectivity index (χ0v) is 6.32. The van der Waals surface area contributed by atoms with E-state index in [1.807, 2.05) is 11.6 Å². The zero-order chi connectivity index (χ0) is 6.69. The molecule has 1 atom stereocenters. The summed E-state index contributed by atoms with van der Waals surface area (Å²) in [6.07, 6.45) is 2.85. The molecule has 0 aliphatic rings. The van der Waals surface area contributed by atoms with Gasteiger partial charge in [0.2, 0.25) is 0 Å². The summed E-state index contributed by atoms with van der Waals surface area (Å²) in [7, 11) is 0. The van der Waals surface area contributed by atoms with Gasteiger partial charge in [0.25, 0.3) is 0 Å². The van der Waals surface area contributed by atoms with Gasteiger partial charge in [-0.05, 0) is 5.92 Å². The third-order valence-corrected chi connectivity index (χ3v) is 1.81. The first-order valence-electron chi connectivity index (χ1n) is 3.00. The van der Waals surface area contributed by atoms with Crippen LogP contribution in [0.5, 0.6) is 0 Å². The fourth-order valence-electron chi connectivity index (χ4n) is 0.652. The molecule has 0 N–H and O–H groups in total. The topological polar surface area (TPSA) is 12.9 Å². The molecule has 0 aliphatic heterocycles. The molecule has 0 saturated carbocycles. The van der Waals surface area contributed by atoms with Crippen LogP contribution in [0.3, 0.4) is 0 Å². The van der Waals surface area contributed by atoms with Crippen LogP contribution in [-0.4, -0.2) is 4.98 Å². The summed E-state index contributed by atoms with van der Waals surface area (Å²) in [4.78, 5) is 4.13. The first-order chi connectivity index (χ1) is 4.29. The summed E-state index contributed by atoms with van der Waals surface area (Å²) in [5.41, 5.74) is 0. The fourth-order valence-corrected chi connectivity index (χ4v) is 1.43. The van der Waals surface area contributed by atoms with E-state index >= 15 is 0 Å². The van der Waals surface area contributed by atoms with Gasteiger partial charge in [-0.25, -0.2) is 4.98 Å². The van der Waals surface area contributed by atoms with Gasteiger partial charge in [0.15, 0.2) is 0 Å². The molecule has 2 heteroatoms. The van der Waals surface area contributed by atoms with Gasteiger partial charge < -0.3 is 0 Å². The maximum Gasteiger partial charge on any atom is 0.0927 e. The van der Waals surface area contributed by atoms with Crippen LogP contribution in [0, 0.1) is 12.8 Å². The van der Waals surface area contributed by atoms with Gasteiger partial charge in [-0.2, -0.15) is 0 Å². The molecule has 0 bridgehead atoms. The molecule has 1 aromatic heterocycles. The van der Waals surface area contributed by atoms with Crippen molar-refractivity contribution in [3.8, 4) is 0 Å². The van der Waals surface area contributed by atoms with Crippen molar-refractivity contribution in [3.63, 3.8) is 0 Å². The minimum atomic E-state index is 0.483. The monoisotopic (exact) mass is 140 g/mol. The number of thiazole rings is 1. The summed E-state index contributed by atoms with van der Waals surface area (Å²) in [6, 6.07) is 0. The standard InChI is InChI=1S/C7H10NS/c1-6(2)5-7-8-3-4-9-7/h3-4,6H,1,5H2,2H3. The maximum absolute atomic E-state index is 4.13. The minimum Gasteiger partial charge on any atom is -0.250 e. The summed E-state index contributed by atoms with van der Waals surface area (Å²) in [6.45, 7) is 5.98. The van der Waals surface area contributed by atoms with Crippen LogP contribution in [-0.2, 0) is 6.42 Å². The highest BCUT2D eigenvalue weighted by Gasteiger charge is 1.97. The molecule has 1 heterocycles. The molecule has 9 heavy (non-hydrogen) atoms. The van der Waals surface area contributed by atoms with E-state index in [4.69, 9.17) is 0 Å². The van der Waals surface area contributed by atoms with Gasteiger partial charge >= 0.3 is 0 Å². The van der Waals surface area contributed by atoms with Crippen molar-refractivity contribution in [1.82, 2.24) is 4.98 Å².